The molecule has 1 saturated heterocycles. The molecule has 2 aliphatic heterocycles. The molecule has 3 rings (SSSR count). The summed E-state index contributed by atoms with van der Waals surface area (Å²) in [5.74, 6) is -0.519. The van der Waals surface area contributed by atoms with E-state index in [9.17, 15) is 18.0 Å². The van der Waals surface area contributed by atoms with Crippen LogP contribution in [0.4, 0.5) is 5.69 Å². The first-order chi connectivity index (χ1) is 12.2. The minimum absolute atomic E-state index is 0.0582. The summed E-state index contributed by atoms with van der Waals surface area (Å²) < 4.78 is 23.4. The molecule has 2 heterocycles. The lowest BCUT2D eigenvalue weighted by atomic mass is 10.1. The van der Waals surface area contributed by atoms with Crippen molar-refractivity contribution in [3.8, 4) is 0 Å². The number of sulfone groups is 1. The summed E-state index contributed by atoms with van der Waals surface area (Å²) in [5, 5.41) is 5.47. The molecule has 2 aliphatic rings. The maximum absolute atomic E-state index is 12.9. The molecule has 140 valence electrons. The Morgan fingerprint density at radius 3 is 2.65 bits per heavy atom. The second kappa shape index (κ2) is 6.83. The maximum atomic E-state index is 12.9. The van der Waals surface area contributed by atoms with Gasteiger partial charge in [0.2, 0.25) is 5.91 Å². The average molecular weight is 377 g/mol. The van der Waals surface area contributed by atoms with E-state index in [1.54, 1.807) is 11.9 Å². The molecule has 8 heteroatoms. The summed E-state index contributed by atoms with van der Waals surface area (Å²) in [6.07, 6.45) is 0.802. The highest BCUT2D eigenvalue weighted by Crippen LogP contribution is 2.25. The molecule has 2 amide bonds. The van der Waals surface area contributed by atoms with Crippen LogP contribution in [-0.2, 0) is 19.4 Å². The number of aryl methyl sites for hydroxylation is 2. The highest BCUT2D eigenvalue weighted by Gasteiger charge is 2.37. The Labute approximate surface area is 153 Å². The van der Waals surface area contributed by atoms with Gasteiger partial charge in [0.25, 0.3) is 5.91 Å². The van der Waals surface area contributed by atoms with Crippen LogP contribution in [0.3, 0.4) is 0 Å². The van der Waals surface area contributed by atoms with Crippen LogP contribution in [0.5, 0.6) is 0 Å². The quantitative estimate of drug-likeness (QED) is 0.797. The van der Waals surface area contributed by atoms with E-state index in [1.807, 2.05) is 32.0 Å². The fourth-order valence-corrected chi connectivity index (χ4v) is 5.05. The van der Waals surface area contributed by atoms with Gasteiger partial charge in [0, 0.05) is 25.6 Å². The van der Waals surface area contributed by atoms with E-state index in [0.717, 1.165) is 16.8 Å². The zero-order chi connectivity index (χ0) is 19.1. The number of carbonyl (C=O) groups excluding carboxylic acids is 2. The number of hydrogen-bond acceptors (Lipinski definition) is 5. The van der Waals surface area contributed by atoms with E-state index >= 15 is 0 Å². The van der Waals surface area contributed by atoms with Gasteiger partial charge < -0.3 is 4.90 Å². The Bertz CT molecular complexity index is 892. The van der Waals surface area contributed by atoms with Gasteiger partial charge in [-0.3, -0.25) is 9.59 Å². The van der Waals surface area contributed by atoms with E-state index < -0.39 is 15.9 Å². The lowest BCUT2D eigenvalue weighted by molar-refractivity contribution is -0.133. The second-order valence-electron chi connectivity index (χ2n) is 7.00. The summed E-state index contributed by atoms with van der Waals surface area (Å²) in [6, 6.07) is 5.40. The highest BCUT2D eigenvalue weighted by molar-refractivity contribution is 7.91. The molecule has 1 aromatic carbocycles. The fraction of sp³-hybridized carbons (Fsp3) is 0.500. The van der Waals surface area contributed by atoms with Crippen molar-refractivity contribution in [2.75, 3.05) is 23.5 Å². The Balaban J connectivity index is 1.85. The van der Waals surface area contributed by atoms with Gasteiger partial charge in [-0.15, -0.1) is 0 Å². The normalized spacial score (nSPS) is 22.3. The molecule has 0 spiro atoms. The van der Waals surface area contributed by atoms with E-state index in [1.165, 1.54) is 5.01 Å². The van der Waals surface area contributed by atoms with Crippen LogP contribution in [0, 0.1) is 13.8 Å². The molecular weight excluding hydrogens is 354 g/mol. The number of anilines is 1. The van der Waals surface area contributed by atoms with Crippen molar-refractivity contribution in [2.45, 2.75) is 39.2 Å². The molecule has 0 aliphatic carbocycles. The number of nitrogens with zero attached hydrogens (tertiary/aromatic N) is 3. The molecule has 7 nitrogen and oxygen atoms in total. The SMILES string of the molecule is Cc1ccc(C)c(N(C)C(=O)C2=NN([C@@H]3CCS(=O)(=O)C3)C(=O)CC2)c1. The molecule has 0 bridgehead atoms. The lowest BCUT2D eigenvalue weighted by Crippen LogP contribution is -2.44. The van der Waals surface area contributed by atoms with Crippen LogP contribution < -0.4 is 4.90 Å². The van der Waals surface area contributed by atoms with Crippen molar-refractivity contribution in [1.29, 1.82) is 0 Å². The van der Waals surface area contributed by atoms with Crippen LogP contribution in [0.1, 0.15) is 30.4 Å². The number of rotatable bonds is 3. The third kappa shape index (κ3) is 3.65. The molecule has 0 radical (unpaired) electrons. The first-order valence-electron chi connectivity index (χ1n) is 8.63. The Morgan fingerprint density at radius 1 is 1.27 bits per heavy atom. The van der Waals surface area contributed by atoms with E-state index in [0.29, 0.717) is 6.42 Å². The molecular formula is C18H23N3O4S. The van der Waals surface area contributed by atoms with E-state index in [-0.39, 0.29) is 41.9 Å². The fourth-order valence-electron chi connectivity index (χ4n) is 3.36. The third-order valence-corrected chi connectivity index (χ3v) is 6.64. The topological polar surface area (TPSA) is 87.1 Å². The summed E-state index contributed by atoms with van der Waals surface area (Å²) in [6.45, 7) is 3.89. The summed E-state index contributed by atoms with van der Waals surface area (Å²) in [4.78, 5) is 26.6. The van der Waals surface area contributed by atoms with Gasteiger partial charge in [0.05, 0.1) is 17.5 Å². The monoisotopic (exact) mass is 377 g/mol. The standard InChI is InChI=1S/C18H23N3O4S/c1-12-4-5-13(2)16(10-12)20(3)18(23)15-6-7-17(22)21(19-15)14-8-9-26(24,25)11-14/h4-5,10,14H,6-9,11H2,1-3H3/t14-/m1/s1. The number of amides is 2. The van der Waals surface area contributed by atoms with Gasteiger partial charge >= 0.3 is 0 Å². The van der Waals surface area contributed by atoms with Gasteiger partial charge in [0.1, 0.15) is 5.71 Å². The van der Waals surface area contributed by atoms with Gasteiger partial charge in [-0.25, -0.2) is 13.4 Å². The Hall–Kier alpha value is -2.22. The predicted octanol–water partition coefficient (Wildman–Crippen LogP) is 1.43. The van der Waals surface area contributed by atoms with Gasteiger partial charge in [-0.05, 0) is 37.5 Å². The van der Waals surface area contributed by atoms with E-state index in [2.05, 4.69) is 5.10 Å². The van der Waals surface area contributed by atoms with Gasteiger partial charge in [-0.1, -0.05) is 12.1 Å². The summed E-state index contributed by atoms with van der Waals surface area (Å²) >= 11 is 0. The lowest BCUT2D eigenvalue weighted by Gasteiger charge is -2.29. The van der Waals surface area contributed by atoms with Crippen molar-refractivity contribution < 1.29 is 18.0 Å². The molecule has 1 fully saturated rings. The second-order valence-corrected chi connectivity index (χ2v) is 9.22. The predicted molar refractivity (Wildman–Crippen MR) is 99.9 cm³/mol. The maximum Gasteiger partial charge on any atom is 0.274 e. The molecule has 0 N–H and O–H groups in total. The average Bonchev–Trinajstić information content (AvgIpc) is 2.96. The van der Waals surface area contributed by atoms with Crippen LogP contribution in [0.2, 0.25) is 0 Å². The van der Waals surface area contributed by atoms with Crippen molar-refractivity contribution in [2.24, 2.45) is 5.10 Å². The van der Waals surface area contributed by atoms with Crippen LogP contribution >= 0.6 is 0 Å². The number of hydrazone groups is 1. The van der Waals surface area contributed by atoms with Gasteiger partial charge in [-0.2, -0.15) is 5.10 Å². The van der Waals surface area contributed by atoms with E-state index in [4.69, 9.17) is 0 Å². The minimum Gasteiger partial charge on any atom is -0.310 e. The molecule has 0 aromatic heterocycles. The Kier molecular flexibility index (Phi) is 4.88. The van der Waals surface area contributed by atoms with Crippen LogP contribution in [-0.4, -0.2) is 55.5 Å². The molecule has 1 atom stereocenters. The minimum atomic E-state index is -3.13. The third-order valence-electron chi connectivity index (χ3n) is 4.89. The van der Waals surface area contributed by atoms with Crippen molar-refractivity contribution in [1.82, 2.24) is 5.01 Å². The zero-order valence-electron chi connectivity index (χ0n) is 15.2. The molecule has 0 saturated carbocycles. The smallest absolute Gasteiger partial charge is 0.274 e. The van der Waals surface area contributed by atoms with Crippen molar-refractivity contribution >= 4 is 33.1 Å². The molecule has 1 aromatic rings. The molecule has 0 unspecified atom stereocenters. The van der Waals surface area contributed by atoms with Crippen LogP contribution in [0.15, 0.2) is 23.3 Å². The largest absolute Gasteiger partial charge is 0.310 e. The summed E-state index contributed by atoms with van der Waals surface area (Å²) in [7, 11) is -1.45. The zero-order valence-corrected chi connectivity index (χ0v) is 16.0. The Morgan fingerprint density at radius 2 is 2.00 bits per heavy atom. The first-order valence-corrected chi connectivity index (χ1v) is 10.5. The van der Waals surface area contributed by atoms with Crippen molar-refractivity contribution in [3.63, 3.8) is 0 Å². The number of hydrogen-bond donors (Lipinski definition) is 0. The highest BCUT2D eigenvalue weighted by atomic mass is 32.2. The molecule has 26 heavy (non-hydrogen) atoms. The van der Waals surface area contributed by atoms with Crippen LogP contribution in [0.25, 0.3) is 0 Å². The number of benzene rings is 1. The van der Waals surface area contributed by atoms with Gasteiger partial charge in [0.15, 0.2) is 9.84 Å². The summed E-state index contributed by atoms with van der Waals surface area (Å²) in [5.41, 5.74) is 3.10. The first kappa shape index (κ1) is 18.6. The van der Waals surface area contributed by atoms with Crippen molar-refractivity contribution in [3.05, 3.63) is 29.3 Å². The number of carbonyl (C=O) groups is 2.